The van der Waals surface area contributed by atoms with Gasteiger partial charge in [0.2, 0.25) is 6.79 Å². The second-order valence-electron chi connectivity index (χ2n) is 6.42. The average molecular weight is 355 g/mol. The predicted molar refractivity (Wildman–Crippen MR) is 93.3 cm³/mol. The van der Waals surface area contributed by atoms with Crippen molar-refractivity contribution in [2.24, 2.45) is 0 Å². The zero-order chi connectivity index (χ0) is 17.9. The molecule has 1 aromatic heterocycles. The summed E-state index contributed by atoms with van der Waals surface area (Å²) in [7, 11) is 0. The van der Waals surface area contributed by atoms with Crippen molar-refractivity contribution >= 4 is 5.91 Å². The molecule has 1 atom stereocenters. The summed E-state index contributed by atoms with van der Waals surface area (Å²) in [5.41, 5.74) is 2.50. The van der Waals surface area contributed by atoms with Gasteiger partial charge in [0.15, 0.2) is 11.5 Å². The van der Waals surface area contributed by atoms with E-state index in [1.165, 1.54) is 0 Å². The van der Waals surface area contributed by atoms with Crippen molar-refractivity contribution in [3.8, 4) is 11.5 Å². The van der Waals surface area contributed by atoms with Gasteiger partial charge in [-0.3, -0.25) is 14.8 Å². The Kier molecular flexibility index (Phi) is 4.71. The number of nitrogens with zero attached hydrogens (tertiary/aromatic N) is 3. The van der Waals surface area contributed by atoms with E-state index in [1.54, 1.807) is 30.6 Å². The molecule has 0 saturated carbocycles. The number of amides is 1. The van der Waals surface area contributed by atoms with Crippen LogP contribution in [0.4, 0.5) is 0 Å². The first kappa shape index (κ1) is 16.8. The van der Waals surface area contributed by atoms with E-state index < -0.39 is 0 Å². The number of hydrogen-bond donors (Lipinski definition) is 0. The van der Waals surface area contributed by atoms with E-state index in [4.69, 9.17) is 14.2 Å². The minimum absolute atomic E-state index is 0.00697. The van der Waals surface area contributed by atoms with Crippen molar-refractivity contribution in [2.75, 3.05) is 26.6 Å². The smallest absolute Gasteiger partial charge is 0.254 e. The van der Waals surface area contributed by atoms with Gasteiger partial charge in [0, 0.05) is 24.5 Å². The van der Waals surface area contributed by atoms with Crippen LogP contribution < -0.4 is 9.47 Å². The maximum absolute atomic E-state index is 13.0. The number of carbonyl (C=O) groups excluding carboxylic acids is 1. The van der Waals surface area contributed by atoms with Crippen molar-refractivity contribution in [3.63, 3.8) is 0 Å². The fraction of sp³-hybridized carbons (Fsp3) is 0.421. The largest absolute Gasteiger partial charge is 0.454 e. The van der Waals surface area contributed by atoms with Crippen LogP contribution in [0, 0.1) is 6.92 Å². The van der Waals surface area contributed by atoms with Crippen molar-refractivity contribution in [1.29, 1.82) is 0 Å². The van der Waals surface area contributed by atoms with Gasteiger partial charge in [0.25, 0.3) is 5.91 Å². The third-order valence-corrected chi connectivity index (χ3v) is 4.81. The van der Waals surface area contributed by atoms with Gasteiger partial charge >= 0.3 is 0 Å². The van der Waals surface area contributed by atoms with Gasteiger partial charge < -0.3 is 19.1 Å². The van der Waals surface area contributed by atoms with E-state index in [-0.39, 0.29) is 18.7 Å². The topological polar surface area (TPSA) is 73.8 Å². The number of morpholine rings is 1. The molecule has 3 heterocycles. The minimum atomic E-state index is -0.00697. The van der Waals surface area contributed by atoms with Gasteiger partial charge in [-0.1, -0.05) is 0 Å². The highest BCUT2D eigenvalue weighted by Crippen LogP contribution is 2.33. The molecule has 0 radical (unpaired) electrons. The van der Waals surface area contributed by atoms with Crippen LogP contribution in [0.25, 0.3) is 0 Å². The van der Waals surface area contributed by atoms with Crippen molar-refractivity contribution in [1.82, 2.24) is 14.9 Å². The number of aryl methyl sites for hydroxylation is 2. The zero-order valence-corrected chi connectivity index (χ0v) is 14.7. The molecule has 0 aliphatic carbocycles. The average Bonchev–Trinajstić information content (AvgIpc) is 3.15. The molecule has 2 aromatic rings. The highest BCUT2D eigenvalue weighted by molar-refractivity contribution is 5.95. The first-order valence-corrected chi connectivity index (χ1v) is 8.77. The Labute approximate surface area is 151 Å². The molecule has 1 unspecified atom stereocenters. The molecule has 1 aromatic carbocycles. The predicted octanol–water partition coefficient (Wildman–Crippen LogP) is 1.99. The lowest BCUT2D eigenvalue weighted by molar-refractivity contribution is -0.00415. The molecule has 1 saturated heterocycles. The summed E-state index contributed by atoms with van der Waals surface area (Å²) in [6.45, 7) is 3.82. The number of ether oxygens (including phenoxy) is 3. The number of benzene rings is 1. The number of rotatable bonds is 4. The Morgan fingerprint density at radius 1 is 1.23 bits per heavy atom. The molecule has 2 aliphatic rings. The number of fused-ring (bicyclic) bond motifs is 1. The molecule has 7 nitrogen and oxygen atoms in total. The van der Waals surface area contributed by atoms with Gasteiger partial charge in [0.05, 0.1) is 30.6 Å². The minimum Gasteiger partial charge on any atom is -0.454 e. The fourth-order valence-electron chi connectivity index (χ4n) is 3.34. The Balaban J connectivity index is 1.48. The molecular formula is C19H21N3O4. The van der Waals surface area contributed by atoms with Crippen molar-refractivity contribution < 1.29 is 19.0 Å². The molecule has 2 aliphatic heterocycles. The molecule has 7 heteroatoms. The highest BCUT2D eigenvalue weighted by Gasteiger charge is 2.29. The van der Waals surface area contributed by atoms with Crippen LogP contribution in [-0.2, 0) is 11.2 Å². The Bertz CT molecular complexity index is 811. The van der Waals surface area contributed by atoms with Crippen LogP contribution in [0.1, 0.15) is 28.2 Å². The van der Waals surface area contributed by atoms with E-state index in [0.717, 1.165) is 24.2 Å². The molecule has 0 spiro atoms. The summed E-state index contributed by atoms with van der Waals surface area (Å²) >= 11 is 0. The zero-order valence-electron chi connectivity index (χ0n) is 14.7. The van der Waals surface area contributed by atoms with Crippen LogP contribution in [0.15, 0.2) is 30.6 Å². The number of aromatic nitrogens is 2. The second-order valence-corrected chi connectivity index (χ2v) is 6.42. The third kappa shape index (κ3) is 3.35. The monoisotopic (exact) mass is 355 g/mol. The lowest BCUT2D eigenvalue weighted by atomic mass is 10.0. The molecule has 136 valence electrons. The van der Waals surface area contributed by atoms with Crippen LogP contribution >= 0.6 is 0 Å². The highest BCUT2D eigenvalue weighted by atomic mass is 16.7. The van der Waals surface area contributed by atoms with Crippen molar-refractivity contribution in [2.45, 2.75) is 25.8 Å². The maximum Gasteiger partial charge on any atom is 0.254 e. The van der Waals surface area contributed by atoms with E-state index in [0.29, 0.717) is 36.8 Å². The molecule has 1 amide bonds. The van der Waals surface area contributed by atoms with E-state index in [2.05, 4.69) is 9.97 Å². The van der Waals surface area contributed by atoms with E-state index >= 15 is 0 Å². The van der Waals surface area contributed by atoms with Crippen LogP contribution in [0.3, 0.4) is 0 Å². The molecular weight excluding hydrogens is 334 g/mol. The van der Waals surface area contributed by atoms with Crippen LogP contribution in [-0.4, -0.2) is 53.4 Å². The van der Waals surface area contributed by atoms with Crippen LogP contribution in [0.2, 0.25) is 0 Å². The summed E-state index contributed by atoms with van der Waals surface area (Å²) in [5, 5.41) is 0. The lowest BCUT2D eigenvalue weighted by Crippen LogP contribution is -2.48. The van der Waals surface area contributed by atoms with E-state index in [1.807, 2.05) is 11.8 Å². The Morgan fingerprint density at radius 3 is 2.96 bits per heavy atom. The second kappa shape index (κ2) is 7.29. The lowest BCUT2D eigenvalue weighted by Gasteiger charge is -2.35. The summed E-state index contributed by atoms with van der Waals surface area (Å²) in [6.07, 6.45) is 4.95. The quantitative estimate of drug-likeness (QED) is 0.835. The van der Waals surface area contributed by atoms with E-state index in [9.17, 15) is 4.79 Å². The summed E-state index contributed by atoms with van der Waals surface area (Å²) < 4.78 is 16.3. The molecule has 26 heavy (non-hydrogen) atoms. The summed E-state index contributed by atoms with van der Waals surface area (Å²) in [6, 6.07) is 5.34. The normalized spacial score (nSPS) is 18.8. The van der Waals surface area contributed by atoms with Gasteiger partial charge in [-0.15, -0.1) is 0 Å². The Morgan fingerprint density at radius 2 is 2.08 bits per heavy atom. The van der Waals surface area contributed by atoms with Crippen LogP contribution in [0.5, 0.6) is 11.5 Å². The first-order chi connectivity index (χ1) is 12.7. The molecule has 1 fully saturated rings. The number of hydrogen-bond acceptors (Lipinski definition) is 6. The third-order valence-electron chi connectivity index (χ3n) is 4.81. The first-order valence-electron chi connectivity index (χ1n) is 8.77. The standard InChI is InChI=1S/C19H21N3O4/c1-13-16(21-7-6-20-13)4-3-15-11-24-9-8-22(15)19(23)14-2-5-17-18(10-14)26-12-25-17/h2,5-7,10,15H,3-4,8-9,11-12H2,1H3. The van der Waals surface area contributed by atoms with Crippen molar-refractivity contribution in [3.05, 3.63) is 47.5 Å². The summed E-state index contributed by atoms with van der Waals surface area (Å²) in [5.74, 6) is 1.29. The molecule has 0 bridgehead atoms. The number of carbonyl (C=O) groups is 1. The van der Waals surface area contributed by atoms with Gasteiger partial charge in [-0.25, -0.2) is 0 Å². The SMILES string of the molecule is Cc1nccnc1CCC1COCCN1C(=O)c1ccc2c(c1)OCO2. The maximum atomic E-state index is 13.0. The summed E-state index contributed by atoms with van der Waals surface area (Å²) in [4.78, 5) is 23.6. The molecule has 4 rings (SSSR count). The van der Waals surface area contributed by atoms with Gasteiger partial charge in [0.1, 0.15) is 0 Å². The van der Waals surface area contributed by atoms with Gasteiger partial charge in [-0.05, 0) is 38.0 Å². The molecule has 0 N–H and O–H groups in total. The Hall–Kier alpha value is -2.67. The van der Waals surface area contributed by atoms with Gasteiger partial charge in [-0.2, -0.15) is 0 Å². The fourth-order valence-corrected chi connectivity index (χ4v) is 3.34.